The molecule has 0 unspecified atom stereocenters. The van der Waals surface area contributed by atoms with Crippen LogP contribution in [0.1, 0.15) is 5.56 Å². The number of rotatable bonds is 1. The minimum atomic E-state index is 0.885. The third kappa shape index (κ3) is 1.37. The maximum absolute atomic E-state index is 4.41. The Bertz CT molecular complexity index is 626. The monoisotopic (exact) mass is 209 g/mol. The molecule has 0 atom stereocenters. The molecule has 0 saturated carbocycles. The van der Waals surface area contributed by atoms with Gasteiger partial charge in [0.15, 0.2) is 5.82 Å². The fraction of sp³-hybridized carbons (Fsp3) is 0.0769. The summed E-state index contributed by atoms with van der Waals surface area (Å²) in [4.78, 5) is 8.72. The van der Waals surface area contributed by atoms with Gasteiger partial charge < -0.3 is 0 Å². The van der Waals surface area contributed by atoms with Crippen molar-refractivity contribution in [1.29, 1.82) is 0 Å². The Balaban J connectivity index is 2.26. The fourth-order valence-corrected chi connectivity index (χ4v) is 1.80. The van der Waals surface area contributed by atoms with E-state index in [-0.39, 0.29) is 0 Å². The predicted molar refractivity (Wildman–Crippen MR) is 63.2 cm³/mol. The molecule has 3 aromatic rings. The van der Waals surface area contributed by atoms with E-state index in [4.69, 9.17) is 0 Å². The first-order chi connectivity index (χ1) is 7.84. The highest BCUT2D eigenvalue weighted by Gasteiger charge is 2.06. The first-order valence-electron chi connectivity index (χ1n) is 5.20. The summed E-state index contributed by atoms with van der Waals surface area (Å²) in [5.41, 5.74) is 3.23. The minimum absolute atomic E-state index is 0.885. The molecule has 3 aromatic heterocycles. The largest absolute Gasteiger partial charge is 0.298 e. The van der Waals surface area contributed by atoms with Crippen molar-refractivity contribution in [2.45, 2.75) is 6.92 Å². The second-order valence-corrected chi connectivity index (χ2v) is 3.80. The second kappa shape index (κ2) is 3.45. The standard InChI is InChI=1S/C13H11N3/c1-10-5-7-16-11(8-10)9-15-13(16)12-4-2-3-6-14-12/h2-9H,1H3. The lowest BCUT2D eigenvalue weighted by atomic mass is 10.3. The Hall–Kier alpha value is -2.16. The molecule has 0 N–H and O–H groups in total. The molecule has 16 heavy (non-hydrogen) atoms. The summed E-state index contributed by atoms with van der Waals surface area (Å²) in [6.07, 6.45) is 5.68. The van der Waals surface area contributed by atoms with Gasteiger partial charge in [0.25, 0.3) is 0 Å². The van der Waals surface area contributed by atoms with Gasteiger partial charge in [-0.05, 0) is 36.8 Å². The van der Waals surface area contributed by atoms with Crippen LogP contribution in [0, 0.1) is 6.92 Å². The average Bonchev–Trinajstić information content (AvgIpc) is 2.73. The van der Waals surface area contributed by atoms with Gasteiger partial charge in [-0.2, -0.15) is 0 Å². The van der Waals surface area contributed by atoms with E-state index in [1.165, 1.54) is 5.56 Å². The molecular weight excluding hydrogens is 198 g/mol. The van der Waals surface area contributed by atoms with Crippen LogP contribution in [0.15, 0.2) is 48.9 Å². The molecule has 3 rings (SSSR count). The van der Waals surface area contributed by atoms with Crippen LogP contribution in [0.5, 0.6) is 0 Å². The fourth-order valence-electron chi connectivity index (χ4n) is 1.80. The highest BCUT2D eigenvalue weighted by Crippen LogP contribution is 2.17. The smallest absolute Gasteiger partial charge is 0.163 e. The van der Waals surface area contributed by atoms with Crippen molar-refractivity contribution < 1.29 is 0 Å². The summed E-state index contributed by atoms with van der Waals surface area (Å²) in [5, 5.41) is 0. The molecule has 3 nitrogen and oxygen atoms in total. The van der Waals surface area contributed by atoms with Gasteiger partial charge in [0.2, 0.25) is 0 Å². The van der Waals surface area contributed by atoms with Gasteiger partial charge in [0, 0.05) is 12.4 Å². The molecule has 0 amide bonds. The Morgan fingerprint density at radius 3 is 2.88 bits per heavy atom. The van der Waals surface area contributed by atoms with Crippen LogP contribution in [0.2, 0.25) is 0 Å². The van der Waals surface area contributed by atoms with E-state index in [0.717, 1.165) is 17.0 Å². The number of fused-ring (bicyclic) bond motifs is 1. The Labute approximate surface area is 93.4 Å². The van der Waals surface area contributed by atoms with Crippen molar-refractivity contribution in [3.8, 4) is 11.5 Å². The van der Waals surface area contributed by atoms with Gasteiger partial charge in [0.05, 0.1) is 11.7 Å². The zero-order valence-corrected chi connectivity index (χ0v) is 8.96. The SMILES string of the molecule is Cc1ccn2c(-c3ccccn3)ncc2c1. The number of pyridine rings is 2. The molecule has 0 bridgehead atoms. The molecule has 0 aliphatic heterocycles. The van der Waals surface area contributed by atoms with Crippen molar-refractivity contribution in [3.05, 3.63) is 54.5 Å². The lowest BCUT2D eigenvalue weighted by Crippen LogP contribution is -1.91. The molecule has 0 aliphatic rings. The van der Waals surface area contributed by atoms with E-state index in [1.807, 2.05) is 30.6 Å². The van der Waals surface area contributed by atoms with Crippen molar-refractivity contribution in [2.75, 3.05) is 0 Å². The van der Waals surface area contributed by atoms with E-state index < -0.39 is 0 Å². The van der Waals surface area contributed by atoms with Crippen LogP contribution in [-0.2, 0) is 0 Å². The summed E-state index contributed by atoms with van der Waals surface area (Å²) >= 11 is 0. The quantitative estimate of drug-likeness (QED) is 0.616. The molecule has 0 spiro atoms. The zero-order chi connectivity index (χ0) is 11.0. The van der Waals surface area contributed by atoms with Crippen molar-refractivity contribution >= 4 is 5.52 Å². The maximum Gasteiger partial charge on any atom is 0.163 e. The van der Waals surface area contributed by atoms with Crippen LogP contribution in [0.25, 0.3) is 17.0 Å². The first kappa shape index (κ1) is 9.09. The summed E-state index contributed by atoms with van der Waals surface area (Å²) in [5.74, 6) is 0.885. The first-order valence-corrected chi connectivity index (χ1v) is 5.20. The van der Waals surface area contributed by atoms with Crippen LogP contribution in [0.3, 0.4) is 0 Å². The van der Waals surface area contributed by atoms with Crippen LogP contribution < -0.4 is 0 Å². The van der Waals surface area contributed by atoms with Crippen LogP contribution in [-0.4, -0.2) is 14.4 Å². The summed E-state index contributed by atoms with van der Waals surface area (Å²) in [7, 11) is 0. The molecule has 0 aliphatic carbocycles. The lowest BCUT2D eigenvalue weighted by Gasteiger charge is -2.00. The number of hydrogen-bond acceptors (Lipinski definition) is 2. The van der Waals surface area contributed by atoms with Gasteiger partial charge in [-0.15, -0.1) is 0 Å². The molecule has 3 heteroatoms. The van der Waals surface area contributed by atoms with E-state index >= 15 is 0 Å². The molecule has 3 heterocycles. The second-order valence-electron chi connectivity index (χ2n) is 3.80. The number of hydrogen-bond donors (Lipinski definition) is 0. The maximum atomic E-state index is 4.41. The van der Waals surface area contributed by atoms with Gasteiger partial charge in [-0.25, -0.2) is 4.98 Å². The van der Waals surface area contributed by atoms with E-state index in [2.05, 4.69) is 33.4 Å². The highest BCUT2D eigenvalue weighted by atomic mass is 15.0. The molecule has 0 radical (unpaired) electrons. The van der Waals surface area contributed by atoms with E-state index in [1.54, 1.807) is 6.20 Å². The van der Waals surface area contributed by atoms with Crippen molar-refractivity contribution in [3.63, 3.8) is 0 Å². The number of aryl methyl sites for hydroxylation is 1. The Morgan fingerprint density at radius 1 is 1.12 bits per heavy atom. The molecular formula is C13H11N3. The summed E-state index contributed by atoms with van der Waals surface area (Å²) in [6, 6.07) is 10.0. The van der Waals surface area contributed by atoms with Crippen LogP contribution >= 0.6 is 0 Å². The Morgan fingerprint density at radius 2 is 2.06 bits per heavy atom. The topological polar surface area (TPSA) is 30.2 Å². The lowest BCUT2D eigenvalue weighted by molar-refractivity contribution is 1.12. The van der Waals surface area contributed by atoms with Crippen molar-refractivity contribution in [2.24, 2.45) is 0 Å². The summed E-state index contributed by atoms with van der Waals surface area (Å²) < 4.78 is 2.05. The van der Waals surface area contributed by atoms with Gasteiger partial charge in [-0.1, -0.05) is 6.07 Å². The van der Waals surface area contributed by atoms with Crippen LogP contribution in [0.4, 0.5) is 0 Å². The zero-order valence-electron chi connectivity index (χ0n) is 8.96. The third-order valence-electron chi connectivity index (χ3n) is 2.58. The normalized spacial score (nSPS) is 10.8. The Kier molecular flexibility index (Phi) is 1.96. The van der Waals surface area contributed by atoms with Crippen molar-refractivity contribution in [1.82, 2.24) is 14.4 Å². The van der Waals surface area contributed by atoms with Gasteiger partial charge in [-0.3, -0.25) is 9.38 Å². The average molecular weight is 209 g/mol. The molecule has 78 valence electrons. The molecule has 0 fully saturated rings. The number of imidazole rings is 1. The summed E-state index contributed by atoms with van der Waals surface area (Å²) in [6.45, 7) is 2.08. The third-order valence-corrected chi connectivity index (χ3v) is 2.58. The highest BCUT2D eigenvalue weighted by molar-refractivity contribution is 5.59. The minimum Gasteiger partial charge on any atom is -0.298 e. The van der Waals surface area contributed by atoms with Gasteiger partial charge in [0.1, 0.15) is 5.69 Å². The van der Waals surface area contributed by atoms with E-state index in [0.29, 0.717) is 0 Å². The molecule has 0 saturated heterocycles. The predicted octanol–water partition coefficient (Wildman–Crippen LogP) is 2.70. The number of nitrogens with zero attached hydrogens (tertiary/aromatic N) is 3. The van der Waals surface area contributed by atoms with Gasteiger partial charge >= 0.3 is 0 Å². The number of aromatic nitrogens is 3. The van der Waals surface area contributed by atoms with E-state index in [9.17, 15) is 0 Å². The molecule has 0 aromatic carbocycles.